The van der Waals surface area contributed by atoms with Crippen molar-refractivity contribution >= 4 is 5.69 Å². The van der Waals surface area contributed by atoms with Crippen LogP contribution in [0.15, 0.2) is 24.3 Å². The zero-order valence-electron chi connectivity index (χ0n) is 26.6. The lowest BCUT2D eigenvalue weighted by atomic mass is 10.0. The summed E-state index contributed by atoms with van der Waals surface area (Å²) in [6.07, 6.45) is 38.5. The third-order valence-electron chi connectivity index (χ3n) is 8.54. The van der Waals surface area contributed by atoms with Gasteiger partial charge in [0.2, 0.25) is 0 Å². The average Bonchev–Trinajstić information content (AvgIpc) is 2.94. The molecule has 0 aliphatic rings. The van der Waals surface area contributed by atoms with Gasteiger partial charge in [-0.2, -0.15) is 0 Å². The van der Waals surface area contributed by atoms with E-state index in [9.17, 15) is 0 Å². The molecular formula is C37H69N. The highest BCUT2D eigenvalue weighted by atomic mass is 15.1. The van der Waals surface area contributed by atoms with Gasteiger partial charge in [-0.3, -0.25) is 0 Å². The van der Waals surface area contributed by atoms with E-state index in [2.05, 4.69) is 50.1 Å². The van der Waals surface area contributed by atoms with Crippen molar-refractivity contribution < 1.29 is 0 Å². The maximum Gasteiger partial charge on any atom is 0.0363 e. The van der Waals surface area contributed by atoms with E-state index in [1.54, 1.807) is 0 Å². The third-order valence-corrected chi connectivity index (χ3v) is 8.54. The van der Waals surface area contributed by atoms with Crippen LogP contribution >= 0.6 is 0 Å². The molecule has 1 rings (SSSR count). The van der Waals surface area contributed by atoms with Gasteiger partial charge in [0.25, 0.3) is 0 Å². The summed E-state index contributed by atoms with van der Waals surface area (Å²) in [6, 6.07) is 9.43. The first-order valence-corrected chi connectivity index (χ1v) is 17.6. The molecule has 1 aromatic rings. The fourth-order valence-electron chi connectivity index (χ4n) is 5.76. The van der Waals surface area contributed by atoms with E-state index < -0.39 is 0 Å². The Morgan fingerprint density at radius 1 is 0.395 bits per heavy atom. The van der Waals surface area contributed by atoms with Gasteiger partial charge in [-0.15, -0.1) is 0 Å². The highest BCUT2D eigenvalue weighted by Gasteiger charge is 2.02. The molecule has 1 nitrogen and oxygen atoms in total. The first kappa shape index (κ1) is 35.0. The minimum atomic E-state index is 1.19. The molecule has 0 N–H and O–H groups in total. The highest BCUT2D eigenvalue weighted by Crippen LogP contribution is 2.18. The Morgan fingerprint density at radius 3 is 1.08 bits per heavy atom. The van der Waals surface area contributed by atoms with Crippen LogP contribution in [0.1, 0.15) is 186 Å². The second-order valence-electron chi connectivity index (χ2n) is 12.3. The van der Waals surface area contributed by atoms with Crippen molar-refractivity contribution in [3.05, 3.63) is 29.8 Å². The maximum absolute atomic E-state index is 2.45. The Morgan fingerprint density at radius 2 is 0.711 bits per heavy atom. The van der Waals surface area contributed by atoms with Crippen molar-refractivity contribution in [2.24, 2.45) is 0 Å². The van der Waals surface area contributed by atoms with Gasteiger partial charge in [-0.1, -0.05) is 180 Å². The molecule has 0 aliphatic heterocycles. The van der Waals surface area contributed by atoms with Gasteiger partial charge in [0.1, 0.15) is 0 Å². The van der Waals surface area contributed by atoms with Crippen LogP contribution in [0.5, 0.6) is 0 Å². The zero-order chi connectivity index (χ0) is 27.4. The first-order valence-electron chi connectivity index (χ1n) is 17.6. The van der Waals surface area contributed by atoms with E-state index in [0.717, 1.165) is 0 Å². The molecule has 0 amide bonds. The Balaban J connectivity index is 1.90. The molecule has 0 heterocycles. The lowest BCUT2D eigenvalue weighted by Crippen LogP contribution is -2.18. The van der Waals surface area contributed by atoms with Gasteiger partial charge >= 0.3 is 0 Å². The molecule has 0 bridgehead atoms. The summed E-state index contributed by atoms with van der Waals surface area (Å²) in [5, 5.41) is 0. The molecular weight excluding hydrogens is 458 g/mol. The van der Waals surface area contributed by atoms with E-state index in [0.29, 0.717) is 0 Å². The fraction of sp³-hybridized carbons (Fsp3) is 0.838. The number of hydrogen-bond acceptors (Lipinski definition) is 1. The molecule has 0 spiro atoms. The normalized spacial score (nSPS) is 11.3. The number of rotatable bonds is 29. The molecule has 38 heavy (non-hydrogen) atoms. The molecule has 0 atom stereocenters. The topological polar surface area (TPSA) is 3.24 Å². The molecule has 0 aliphatic carbocycles. The third kappa shape index (κ3) is 21.9. The Hall–Kier alpha value is -0.980. The summed E-state index contributed by atoms with van der Waals surface area (Å²) in [7, 11) is 2.27. The summed E-state index contributed by atoms with van der Waals surface area (Å²) in [6.45, 7) is 5.79. The molecule has 0 saturated heterocycles. The monoisotopic (exact) mass is 528 g/mol. The zero-order valence-corrected chi connectivity index (χ0v) is 26.6. The van der Waals surface area contributed by atoms with Crippen LogP contribution in [-0.4, -0.2) is 13.6 Å². The number of anilines is 1. The number of hydrogen-bond donors (Lipinski definition) is 0. The van der Waals surface area contributed by atoms with Gasteiger partial charge in [-0.05, 0) is 37.0 Å². The number of unbranched alkanes of at least 4 members (excludes halogenated alkanes) is 24. The smallest absolute Gasteiger partial charge is 0.0363 e. The van der Waals surface area contributed by atoms with Crippen LogP contribution < -0.4 is 4.90 Å². The number of aryl methyl sites for hydroxylation is 1. The standard InChI is InChI=1S/C37H69N/c1-4-6-8-10-12-14-16-17-18-19-20-21-23-25-27-29-35-38(3)37-33-31-36(32-34-37)30-28-26-24-22-15-13-11-9-7-5-2/h31-34H,4-30,35H2,1-3H3. The summed E-state index contributed by atoms with van der Waals surface area (Å²) >= 11 is 0. The summed E-state index contributed by atoms with van der Waals surface area (Å²) in [4.78, 5) is 2.45. The van der Waals surface area contributed by atoms with E-state index in [-0.39, 0.29) is 0 Å². The van der Waals surface area contributed by atoms with Crippen LogP contribution in [0.4, 0.5) is 5.69 Å². The number of nitrogens with zero attached hydrogens (tertiary/aromatic N) is 1. The minimum absolute atomic E-state index is 1.19. The van der Waals surface area contributed by atoms with Gasteiger partial charge < -0.3 is 4.90 Å². The van der Waals surface area contributed by atoms with Crippen LogP contribution in [0.25, 0.3) is 0 Å². The van der Waals surface area contributed by atoms with Crippen molar-refractivity contribution in [3.63, 3.8) is 0 Å². The van der Waals surface area contributed by atoms with Crippen molar-refractivity contribution in [2.75, 3.05) is 18.5 Å². The van der Waals surface area contributed by atoms with Crippen LogP contribution in [-0.2, 0) is 6.42 Å². The molecule has 1 aromatic carbocycles. The van der Waals surface area contributed by atoms with E-state index in [4.69, 9.17) is 0 Å². The lowest BCUT2D eigenvalue weighted by molar-refractivity contribution is 0.529. The molecule has 0 radical (unpaired) electrons. The van der Waals surface area contributed by atoms with Crippen molar-refractivity contribution in [1.29, 1.82) is 0 Å². The Kier molecular flexibility index (Phi) is 25.4. The molecule has 0 aromatic heterocycles. The quantitative estimate of drug-likeness (QED) is 0.0936. The fourth-order valence-corrected chi connectivity index (χ4v) is 5.76. The van der Waals surface area contributed by atoms with Gasteiger partial charge in [-0.25, -0.2) is 0 Å². The van der Waals surface area contributed by atoms with Crippen molar-refractivity contribution in [3.8, 4) is 0 Å². The van der Waals surface area contributed by atoms with E-state index in [1.165, 1.54) is 191 Å². The summed E-state index contributed by atoms with van der Waals surface area (Å²) in [5.74, 6) is 0. The average molecular weight is 528 g/mol. The predicted molar refractivity (Wildman–Crippen MR) is 175 cm³/mol. The van der Waals surface area contributed by atoms with Gasteiger partial charge in [0, 0.05) is 19.3 Å². The molecule has 0 unspecified atom stereocenters. The SMILES string of the molecule is CCCCCCCCCCCCCCCCCCN(C)c1ccc(CCCCCCCCCCCC)cc1. The van der Waals surface area contributed by atoms with Crippen molar-refractivity contribution in [2.45, 2.75) is 187 Å². The van der Waals surface area contributed by atoms with E-state index in [1.807, 2.05) is 0 Å². The van der Waals surface area contributed by atoms with Crippen LogP contribution in [0.3, 0.4) is 0 Å². The highest BCUT2D eigenvalue weighted by molar-refractivity contribution is 5.46. The molecule has 0 saturated carbocycles. The Bertz CT molecular complexity index is 577. The Labute approximate surface area is 241 Å². The van der Waals surface area contributed by atoms with Gasteiger partial charge in [0.15, 0.2) is 0 Å². The van der Waals surface area contributed by atoms with Gasteiger partial charge in [0.05, 0.1) is 0 Å². The lowest BCUT2D eigenvalue weighted by Gasteiger charge is -2.19. The minimum Gasteiger partial charge on any atom is -0.375 e. The van der Waals surface area contributed by atoms with Crippen molar-refractivity contribution in [1.82, 2.24) is 0 Å². The summed E-state index contributed by atoms with van der Waals surface area (Å²) < 4.78 is 0. The maximum atomic E-state index is 2.45. The summed E-state index contributed by atoms with van der Waals surface area (Å²) in [5.41, 5.74) is 2.90. The molecule has 0 fully saturated rings. The largest absolute Gasteiger partial charge is 0.375 e. The molecule has 1 heteroatoms. The first-order chi connectivity index (χ1) is 18.8. The van der Waals surface area contributed by atoms with Crippen LogP contribution in [0.2, 0.25) is 0 Å². The predicted octanol–water partition coefficient (Wildman–Crippen LogP) is 12.8. The molecule has 222 valence electrons. The second kappa shape index (κ2) is 27.6. The second-order valence-corrected chi connectivity index (χ2v) is 12.3. The van der Waals surface area contributed by atoms with Crippen LogP contribution in [0, 0.1) is 0 Å². The number of benzene rings is 1. The van der Waals surface area contributed by atoms with E-state index >= 15 is 0 Å².